The highest BCUT2D eigenvalue weighted by Crippen LogP contribution is 2.29. The summed E-state index contributed by atoms with van der Waals surface area (Å²) in [4.78, 5) is 10.3. The molecule has 0 unspecified atom stereocenters. The number of aromatic hydroxyl groups is 1. The molecule has 0 atom stereocenters. The summed E-state index contributed by atoms with van der Waals surface area (Å²) in [5.74, 6) is 0.303. The molecule has 0 spiro atoms. The molecule has 1 rings (SSSR count). The number of nitrogens with zero attached hydrogens (tertiary/aromatic N) is 1. The highest BCUT2D eigenvalue weighted by Gasteiger charge is 2.07. The van der Waals surface area contributed by atoms with Crippen LogP contribution in [0.25, 0.3) is 0 Å². The van der Waals surface area contributed by atoms with E-state index in [0.29, 0.717) is 24.3 Å². The van der Waals surface area contributed by atoms with E-state index in [4.69, 9.17) is 0 Å². The smallest absolute Gasteiger partial charge is 0.122 e. The molecule has 0 aromatic heterocycles. The molecule has 0 aliphatic heterocycles. The zero-order chi connectivity index (χ0) is 9.84. The lowest BCUT2D eigenvalue weighted by Crippen LogP contribution is -1.88. The van der Waals surface area contributed by atoms with Crippen molar-refractivity contribution in [1.82, 2.24) is 0 Å². The van der Waals surface area contributed by atoms with Gasteiger partial charge in [-0.25, -0.2) is 0 Å². The first kappa shape index (κ1) is 9.71. The van der Waals surface area contributed by atoms with E-state index in [1.807, 2.05) is 13.8 Å². The number of nitroso groups, excluding NO2 is 1. The number of benzene rings is 1. The van der Waals surface area contributed by atoms with Crippen molar-refractivity contribution >= 4 is 5.69 Å². The van der Waals surface area contributed by atoms with Gasteiger partial charge in [-0.05, 0) is 41.3 Å². The Kier molecular flexibility index (Phi) is 3.01. The normalized spacial score (nSPS) is 10.0. The first-order chi connectivity index (χ1) is 6.22. The molecule has 0 saturated carbocycles. The molecule has 0 fully saturated rings. The third kappa shape index (κ3) is 1.86. The maximum atomic E-state index is 10.3. The van der Waals surface area contributed by atoms with E-state index >= 15 is 0 Å². The number of rotatable bonds is 3. The van der Waals surface area contributed by atoms with E-state index in [1.54, 1.807) is 12.1 Å². The van der Waals surface area contributed by atoms with Crippen LogP contribution in [0.15, 0.2) is 17.3 Å². The van der Waals surface area contributed by atoms with E-state index in [2.05, 4.69) is 5.18 Å². The Labute approximate surface area is 77.4 Å². The molecule has 0 saturated heterocycles. The Hall–Kier alpha value is -1.38. The quantitative estimate of drug-likeness (QED) is 0.725. The highest BCUT2D eigenvalue weighted by molar-refractivity contribution is 5.52. The second kappa shape index (κ2) is 4.03. The van der Waals surface area contributed by atoms with Crippen molar-refractivity contribution in [2.75, 3.05) is 0 Å². The monoisotopic (exact) mass is 179 g/mol. The van der Waals surface area contributed by atoms with E-state index in [0.717, 1.165) is 11.1 Å². The fourth-order valence-corrected chi connectivity index (χ4v) is 1.33. The summed E-state index contributed by atoms with van der Waals surface area (Å²) in [6.07, 6.45) is 1.42. The average Bonchev–Trinajstić information content (AvgIpc) is 2.18. The van der Waals surface area contributed by atoms with Crippen LogP contribution in [-0.2, 0) is 12.8 Å². The fraction of sp³-hybridized carbons (Fsp3) is 0.400. The van der Waals surface area contributed by atoms with Crippen LogP contribution in [0.1, 0.15) is 25.0 Å². The number of aryl methyl sites for hydroxylation is 2. The molecular weight excluding hydrogens is 166 g/mol. The second-order valence-electron chi connectivity index (χ2n) is 2.91. The number of phenolic OH excluding ortho intramolecular Hbond substituents is 1. The van der Waals surface area contributed by atoms with Crippen LogP contribution < -0.4 is 0 Å². The zero-order valence-electron chi connectivity index (χ0n) is 7.87. The van der Waals surface area contributed by atoms with Gasteiger partial charge in [0.2, 0.25) is 0 Å². The maximum absolute atomic E-state index is 10.3. The van der Waals surface area contributed by atoms with Crippen LogP contribution in [0.4, 0.5) is 5.69 Å². The van der Waals surface area contributed by atoms with Crippen molar-refractivity contribution in [1.29, 1.82) is 0 Å². The van der Waals surface area contributed by atoms with E-state index in [1.165, 1.54) is 0 Å². The molecule has 70 valence electrons. The standard InChI is InChI=1S/C10H13NO2/c1-3-7-5-9(11-13)6-8(4-2)10(7)12/h5-6,12H,3-4H2,1-2H3. The Bertz CT molecular complexity index is 296. The van der Waals surface area contributed by atoms with Gasteiger partial charge in [0.15, 0.2) is 0 Å². The Morgan fingerprint density at radius 1 is 1.23 bits per heavy atom. The van der Waals surface area contributed by atoms with Crippen molar-refractivity contribution in [3.8, 4) is 5.75 Å². The summed E-state index contributed by atoms with van der Waals surface area (Å²) >= 11 is 0. The Balaban J connectivity index is 3.28. The minimum atomic E-state index is 0.303. The number of phenols is 1. The van der Waals surface area contributed by atoms with Gasteiger partial charge in [0, 0.05) is 0 Å². The second-order valence-corrected chi connectivity index (χ2v) is 2.91. The van der Waals surface area contributed by atoms with Crippen LogP contribution in [0.2, 0.25) is 0 Å². The molecule has 0 heterocycles. The fourth-order valence-electron chi connectivity index (χ4n) is 1.33. The van der Waals surface area contributed by atoms with Crippen LogP contribution in [0.3, 0.4) is 0 Å². The van der Waals surface area contributed by atoms with Crippen molar-refractivity contribution in [3.63, 3.8) is 0 Å². The lowest BCUT2D eigenvalue weighted by Gasteiger charge is -2.06. The summed E-state index contributed by atoms with van der Waals surface area (Å²) in [7, 11) is 0. The predicted octanol–water partition coefficient (Wildman–Crippen LogP) is 2.91. The average molecular weight is 179 g/mol. The molecule has 0 bridgehead atoms. The van der Waals surface area contributed by atoms with Crippen LogP contribution >= 0.6 is 0 Å². The van der Waals surface area contributed by atoms with Crippen molar-refractivity contribution in [3.05, 3.63) is 28.2 Å². The zero-order valence-corrected chi connectivity index (χ0v) is 7.87. The van der Waals surface area contributed by atoms with Gasteiger partial charge < -0.3 is 5.11 Å². The molecule has 1 aromatic rings. The van der Waals surface area contributed by atoms with Gasteiger partial charge in [-0.2, -0.15) is 0 Å². The number of hydrogen-bond donors (Lipinski definition) is 1. The van der Waals surface area contributed by atoms with Crippen molar-refractivity contribution < 1.29 is 5.11 Å². The molecule has 13 heavy (non-hydrogen) atoms. The summed E-state index contributed by atoms with van der Waals surface area (Å²) < 4.78 is 0. The first-order valence-electron chi connectivity index (χ1n) is 4.41. The van der Waals surface area contributed by atoms with Gasteiger partial charge in [-0.3, -0.25) is 0 Å². The van der Waals surface area contributed by atoms with E-state index in [-0.39, 0.29) is 0 Å². The van der Waals surface area contributed by atoms with Gasteiger partial charge >= 0.3 is 0 Å². The molecule has 3 nitrogen and oxygen atoms in total. The molecule has 1 aromatic carbocycles. The summed E-state index contributed by atoms with van der Waals surface area (Å²) in [6.45, 7) is 3.87. The molecule has 0 aliphatic rings. The minimum Gasteiger partial charge on any atom is -0.507 e. The van der Waals surface area contributed by atoms with E-state index in [9.17, 15) is 10.0 Å². The van der Waals surface area contributed by atoms with Gasteiger partial charge in [0.05, 0.1) is 0 Å². The van der Waals surface area contributed by atoms with Gasteiger partial charge in [0.25, 0.3) is 0 Å². The highest BCUT2D eigenvalue weighted by atomic mass is 16.3. The Morgan fingerprint density at radius 2 is 1.69 bits per heavy atom. The van der Waals surface area contributed by atoms with Crippen molar-refractivity contribution in [2.24, 2.45) is 5.18 Å². The SMILES string of the molecule is CCc1cc(N=O)cc(CC)c1O. The molecule has 0 aliphatic carbocycles. The van der Waals surface area contributed by atoms with Gasteiger partial charge in [0.1, 0.15) is 11.4 Å². The van der Waals surface area contributed by atoms with Gasteiger partial charge in [-0.15, -0.1) is 4.91 Å². The minimum absolute atomic E-state index is 0.303. The summed E-state index contributed by atoms with van der Waals surface area (Å²) in [5.41, 5.74) is 1.97. The number of hydrogen-bond acceptors (Lipinski definition) is 3. The predicted molar refractivity (Wildman–Crippen MR) is 52.3 cm³/mol. The molecule has 3 heteroatoms. The lowest BCUT2D eigenvalue weighted by atomic mass is 10.0. The third-order valence-corrected chi connectivity index (χ3v) is 2.12. The summed E-state index contributed by atoms with van der Waals surface area (Å²) in [5, 5.41) is 12.5. The van der Waals surface area contributed by atoms with Gasteiger partial charge in [-0.1, -0.05) is 13.8 Å². The van der Waals surface area contributed by atoms with Crippen LogP contribution in [0, 0.1) is 4.91 Å². The maximum Gasteiger partial charge on any atom is 0.122 e. The lowest BCUT2D eigenvalue weighted by molar-refractivity contribution is 0.462. The van der Waals surface area contributed by atoms with E-state index < -0.39 is 0 Å². The summed E-state index contributed by atoms with van der Waals surface area (Å²) in [6, 6.07) is 3.25. The van der Waals surface area contributed by atoms with Crippen LogP contribution in [0.5, 0.6) is 5.75 Å². The third-order valence-electron chi connectivity index (χ3n) is 2.12. The molecule has 0 amide bonds. The first-order valence-corrected chi connectivity index (χ1v) is 4.41. The molecular formula is C10H13NO2. The van der Waals surface area contributed by atoms with Crippen molar-refractivity contribution in [2.45, 2.75) is 26.7 Å². The molecule has 0 radical (unpaired) electrons. The largest absolute Gasteiger partial charge is 0.507 e. The topological polar surface area (TPSA) is 49.7 Å². The van der Waals surface area contributed by atoms with Crippen LogP contribution in [-0.4, -0.2) is 5.11 Å². The Morgan fingerprint density at radius 3 is 2.00 bits per heavy atom. The molecule has 1 N–H and O–H groups in total.